The molecule has 0 fully saturated rings. The minimum Gasteiger partial charge on any atom is -0.334 e. The average molecular weight is 417 g/mol. The van der Waals surface area contributed by atoms with E-state index in [0.717, 1.165) is 41.7 Å². The molecule has 0 saturated heterocycles. The Morgan fingerprint density at radius 2 is 1.77 bits per heavy atom. The van der Waals surface area contributed by atoms with Crippen LogP contribution in [0.3, 0.4) is 0 Å². The van der Waals surface area contributed by atoms with Gasteiger partial charge < -0.3 is 9.84 Å². The van der Waals surface area contributed by atoms with Crippen molar-refractivity contribution < 1.29 is 9.32 Å². The molecular weight excluding hydrogens is 388 g/mol. The largest absolute Gasteiger partial charge is 0.334 e. The topological polar surface area (TPSA) is 71.3 Å². The molecule has 2 amide bonds. The smallest absolute Gasteiger partial charge is 0.322 e. The van der Waals surface area contributed by atoms with Gasteiger partial charge in [0.15, 0.2) is 0 Å². The first kappa shape index (κ1) is 20.8. The van der Waals surface area contributed by atoms with Crippen LogP contribution in [0.2, 0.25) is 0 Å². The van der Waals surface area contributed by atoms with Gasteiger partial charge in [0.2, 0.25) is 5.82 Å². The highest BCUT2D eigenvalue weighted by atomic mass is 16.5. The first-order valence-electron chi connectivity index (χ1n) is 10.8. The molecule has 0 aliphatic carbocycles. The second-order valence-corrected chi connectivity index (χ2v) is 7.94. The number of nitrogens with one attached hydrogen (secondary N) is 1. The molecule has 1 unspecified atom stereocenters. The Hall–Kier alpha value is -3.41. The molecular formula is C25H28N4O2. The summed E-state index contributed by atoms with van der Waals surface area (Å²) in [6.45, 7) is 6.82. The van der Waals surface area contributed by atoms with E-state index in [2.05, 4.69) is 17.4 Å². The van der Waals surface area contributed by atoms with Gasteiger partial charge in [0.1, 0.15) is 0 Å². The van der Waals surface area contributed by atoms with E-state index in [1.165, 1.54) is 5.56 Å². The van der Waals surface area contributed by atoms with Crippen LogP contribution in [0.1, 0.15) is 56.2 Å². The van der Waals surface area contributed by atoms with Gasteiger partial charge in [0.05, 0.1) is 11.6 Å². The Bertz CT molecular complexity index is 1070. The van der Waals surface area contributed by atoms with Gasteiger partial charge in [0, 0.05) is 17.8 Å². The molecule has 6 nitrogen and oxygen atoms in total. The lowest BCUT2D eigenvalue weighted by atomic mass is 9.94. The maximum absolute atomic E-state index is 12.9. The molecule has 0 spiro atoms. The van der Waals surface area contributed by atoms with E-state index in [1.54, 1.807) is 4.90 Å². The van der Waals surface area contributed by atoms with Gasteiger partial charge in [-0.1, -0.05) is 85.1 Å². The first-order chi connectivity index (χ1) is 15.1. The number of urea groups is 1. The van der Waals surface area contributed by atoms with Crippen LogP contribution in [0, 0.1) is 6.92 Å². The molecule has 0 saturated carbocycles. The van der Waals surface area contributed by atoms with Crippen molar-refractivity contribution in [1.29, 1.82) is 0 Å². The molecule has 1 aliphatic rings. The molecule has 2 heterocycles. The Morgan fingerprint density at radius 1 is 1.03 bits per heavy atom. The van der Waals surface area contributed by atoms with E-state index < -0.39 is 0 Å². The molecule has 3 aromatic rings. The monoisotopic (exact) mass is 416 g/mol. The number of benzene rings is 2. The second kappa shape index (κ2) is 9.16. The van der Waals surface area contributed by atoms with E-state index in [9.17, 15) is 4.79 Å². The maximum Gasteiger partial charge on any atom is 0.322 e. The summed E-state index contributed by atoms with van der Waals surface area (Å²) < 4.78 is 5.72. The number of unbranched alkanes of at least 4 members (excludes halogenated alkanes) is 2. The fourth-order valence-corrected chi connectivity index (χ4v) is 3.90. The Balaban J connectivity index is 1.75. The number of hydrogen-bond donors (Lipinski definition) is 1. The van der Waals surface area contributed by atoms with E-state index in [0.29, 0.717) is 18.3 Å². The molecule has 1 atom stereocenters. The van der Waals surface area contributed by atoms with Gasteiger partial charge >= 0.3 is 6.03 Å². The number of allylic oxidation sites excluding steroid dienone is 1. The highest BCUT2D eigenvalue weighted by Gasteiger charge is 2.35. The van der Waals surface area contributed by atoms with Crippen LogP contribution in [0.15, 0.2) is 64.8 Å². The van der Waals surface area contributed by atoms with Gasteiger partial charge in [-0.05, 0) is 25.8 Å². The molecule has 1 N–H and O–H groups in total. The number of hydrogen-bond acceptors (Lipinski definition) is 4. The van der Waals surface area contributed by atoms with Crippen molar-refractivity contribution in [2.45, 2.75) is 46.1 Å². The Morgan fingerprint density at radius 3 is 2.48 bits per heavy atom. The molecule has 2 aromatic carbocycles. The van der Waals surface area contributed by atoms with Crippen LogP contribution in [-0.4, -0.2) is 27.6 Å². The number of rotatable bonds is 7. The second-order valence-electron chi connectivity index (χ2n) is 7.94. The zero-order valence-corrected chi connectivity index (χ0v) is 18.3. The summed E-state index contributed by atoms with van der Waals surface area (Å²) in [7, 11) is 0. The summed E-state index contributed by atoms with van der Waals surface area (Å²) in [5, 5.41) is 7.37. The van der Waals surface area contributed by atoms with Crippen LogP contribution in [0.5, 0.6) is 0 Å². The fourth-order valence-electron chi connectivity index (χ4n) is 3.90. The van der Waals surface area contributed by atoms with Crippen molar-refractivity contribution in [1.82, 2.24) is 20.4 Å². The fraction of sp³-hybridized carbons (Fsp3) is 0.320. The predicted octanol–water partition coefficient (Wildman–Crippen LogP) is 5.73. The van der Waals surface area contributed by atoms with Gasteiger partial charge in [-0.15, -0.1) is 0 Å². The summed E-state index contributed by atoms with van der Waals surface area (Å²) in [6, 6.07) is 17.5. The molecule has 6 heteroatoms. The van der Waals surface area contributed by atoms with E-state index in [1.807, 2.05) is 68.4 Å². The zero-order chi connectivity index (χ0) is 21.8. The minimum atomic E-state index is -0.345. The van der Waals surface area contributed by atoms with Crippen molar-refractivity contribution >= 4 is 11.6 Å². The van der Waals surface area contributed by atoms with Gasteiger partial charge in [-0.2, -0.15) is 4.98 Å². The maximum atomic E-state index is 12.9. The van der Waals surface area contributed by atoms with E-state index in [4.69, 9.17) is 9.51 Å². The normalized spacial score (nSPS) is 16.5. The lowest BCUT2D eigenvalue weighted by Gasteiger charge is -2.35. The highest BCUT2D eigenvalue weighted by Crippen LogP contribution is 2.37. The molecule has 1 aliphatic heterocycles. The van der Waals surface area contributed by atoms with Gasteiger partial charge in [0.25, 0.3) is 5.89 Å². The summed E-state index contributed by atoms with van der Waals surface area (Å²) in [4.78, 5) is 19.4. The van der Waals surface area contributed by atoms with Crippen molar-refractivity contribution in [2.24, 2.45) is 0 Å². The lowest BCUT2D eigenvalue weighted by molar-refractivity contribution is 0.204. The summed E-state index contributed by atoms with van der Waals surface area (Å²) in [5.41, 5.74) is 4.75. The van der Waals surface area contributed by atoms with Crippen molar-refractivity contribution in [3.05, 3.63) is 77.3 Å². The number of carbonyl (C=O) groups excluding carboxylic acids is 1. The summed E-state index contributed by atoms with van der Waals surface area (Å²) >= 11 is 0. The highest BCUT2D eigenvalue weighted by molar-refractivity contribution is 5.86. The quantitative estimate of drug-likeness (QED) is 0.499. The Labute approximate surface area is 183 Å². The third kappa shape index (κ3) is 4.38. The minimum absolute atomic E-state index is 0.0931. The van der Waals surface area contributed by atoms with Gasteiger partial charge in [-0.25, -0.2) is 4.79 Å². The van der Waals surface area contributed by atoms with E-state index >= 15 is 0 Å². The SMILES string of the molecule is CCCCCN1C(=O)NC(c2ccccc2)C(c2nc(-c3ccc(C)cc3)no2)=C1C. The Kier molecular flexibility index (Phi) is 6.16. The van der Waals surface area contributed by atoms with E-state index in [-0.39, 0.29) is 12.1 Å². The number of aryl methyl sites for hydroxylation is 1. The molecule has 31 heavy (non-hydrogen) atoms. The van der Waals surface area contributed by atoms with Gasteiger partial charge in [-0.3, -0.25) is 4.90 Å². The van der Waals surface area contributed by atoms with Crippen molar-refractivity contribution in [3.63, 3.8) is 0 Å². The number of aromatic nitrogens is 2. The molecule has 0 bridgehead atoms. The number of amides is 2. The average Bonchev–Trinajstić information content (AvgIpc) is 3.26. The zero-order valence-electron chi connectivity index (χ0n) is 18.3. The van der Waals surface area contributed by atoms with Crippen LogP contribution < -0.4 is 5.32 Å². The molecule has 0 radical (unpaired) electrons. The summed E-state index contributed by atoms with van der Waals surface area (Å²) in [6.07, 6.45) is 3.12. The number of carbonyl (C=O) groups is 1. The van der Waals surface area contributed by atoms with Crippen molar-refractivity contribution in [3.8, 4) is 11.4 Å². The van der Waals surface area contributed by atoms with Crippen LogP contribution in [0.25, 0.3) is 17.0 Å². The predicted molar refractivity (Wildman–Crippen MR) is 121 cm³/mol. The molecule has 160 valence electrons. The third-order valence-corrected chi connectivity index (χ3v) is 5.68. The standard InChI is InChI=1S/C25H28N4O2/c1-4-5-9-16-29-18(3)21(22(26-25(29)30)19-10-7-6-8-11-19)24-27-23(28-31-24)20-14-12-17(2)13-15-20/h6-8,10-15,22H,4-5,9,16H2,1-3H3,(H,26,30). The van der Waals surface area contributed by atoms with Crippen LogP contribution >= 0.6 is 0 Å². The van der Waals surface area contributed by atoms with Crippen LogP contribution in [0.4, 0.5) is 4.79 Å². The van der Waals surface area contributed by atoms with Crippen molar-refractivity contribution in [2.75, 3.05) is 6.54 Å². The summed E-state index contributed by atoms with van der Waals surface area (Å²) in [5.74, 6) is 0.971. The lowest BCUT2D eigenvalue weighted by Crippen LogP contribution is -2.46. The number of nitrogens with zero attached hydrogens (tertiary/aromatic N) is 3. The first-order valence-corrected chi connectivity index (χ1v) is 10.8. The third-order valence-electron chi connectivity index (χ3n) is 5.68. The molecule has 1 aromatic heterocycles. The van der Waals surface area contributed by atoms with Crippen LogP contribution in [-0.2, 0) is 0 Å². The molecule has 4 rings (SSSR count).